The molecule has 0 radical (unpaired) electrons. The van der Waals surface area contributed by atoms with Crippen molar-refractivity contribution < 1.29 is 9.59 Å². The van der Waals surface area contributed by atoms with Gasteiger partial charge in [0.05, 0.1) is 12.0 Å². The summed E-state index contributed by atoms with van der Waals surface area (Å²) in [6, 6.07) is 2.37. The van der Waals surface area contributed by atoms with Crippen molar-refractivity contribution in [2.45, 2.75) is 70.3 Å². The van der Waals surface area contributed by atoms with E-state index in [0.717, 1.165) is 19.4 Å². The van der Waals surface area contributed by atoms with Crippen molar-refractivity contribution >= 4 is 11.8 Å². The zero-order valence-electron chi connectivity index (χ0n) is 15.4. The van der Waals surface area contributed by atoms with E-state index in [9.17, 15) is 14.9 Å². The van der Waals surface area contributed by atoms with Gasteiger partial charge in [0.2, 0.25) is 11.8 Å². The zero-order valence-corrected chi connectivity index (χ0v) is 15.4. The Labute approximate surface area is 151 Å². The summed E-state index contributed by atoms with van der Waals surface area (Å²) >= 11 is 0. The lowest BCUT2D eigenvalue weighted by molar-refractivity contribution is -0.138. The number of amides is 2. The maximum Gasteiger partial charge on any atom is 0.223 e. The van der Waals surface area contributed by atoms with Gasteiger partial charge >= 0.3 is 0 Å². The van der Waals surface area contributed by atoms with Crippen LogP contribution < -0.4 is 11.1 Å². The van der Waals surface area contributed by atoms with Crippen molar-refractivity contribution in [3.05, 3.63) is 0 Å². The fraction of sp³-hybridized carbons (Fsp3) is 0.842. The zero-order chi connectivity index (χ0) is 18.3. The standard InChI is InChI=1S/C19H32N4O2/c1-15(18(21)25)12-23(19(13-20)10-5-11-22-14-19)17(24)9-8-16-6-3-2-4-7-16/h15-16,22H,2-12,14H2,1H3,(H2,21,25). The molecule has 2 unspecified atom stereocenters. The predicted octanol–water partition coefficient (Wildman–Crippen LogP) is 1.94. The molecule has 1 saturated carbocycles. The number of piperidine rings is 1. The first-order chi connectivity index (χ1) is 12.0. The molecule has 2 atom stereocenters. The second-order valence-electron chi connectivity index (χ2n) is 7.77. The van der Waals surface area contributed by atoms with Gasteiger partial charge in [0, 0.05) is 19.5 Å². The molecule has 6 nitrogen and oxygen atoms in total. The fourth-order valence-corrected chi connectivity index (χ4v) is 4.09. The molecule has 2 aliphatic rings. The third-order valence-electron chi connectivity index (χ3n) is 5.82. The molecule has 6 heteroatoms. The number of rotatable bonds is 7. The van der Waals surface area contributed by atoms with E-state index in [0.29, 0.717) is 25.3 Å². The topological polar surface area (TPSA) is 99.2 Å². The van der Waals surface area contributed by atoms with Crippen molar-refractivity contribution in [2.75, 3.05) is 19.6 Å². The Bertz CT molecular complexity index is 502. The van der Waals surface area contributed by atoms with Gasteiger partial charge in [-0.25, -0.2) is 0 Å². The van der Waals surface area contributed by atoms with Gasteiger partial charge in [0.15, 0.2) is 0 Å². The van der Waals surface area contributed by atoms with E-state index < -0.39 is 17.4 Å². The van der Waals surface area contributed by atoms with Gasteiger partial charge < -0.3 is 16.0 Å². The minimum atomic E-state index is -0.856. The van der Waals surface area contributed by atoms with Gasteiger partial charge in [0.1, 0.15) is 5.54 Å². The van der Waals surface area contributed by atoms with E-state index in [2.05, 4.69) is 11.4 Å². The van der Waals surface area contributed by atoms with Gasteiger partial charge in [-0.2, -0.15) is 5.26 Å². The lowest BCUT2D eigenvalue weighted by atomic mass is 9.85. The van der Waals surface area contributed by atoms with Crippen LogP contribution >= 0.6 is 0 Å². The Morgan fingerprint density at radius 2 is 2.04 bits per heavy atom. The summed E-state index contributed by atoms with van der Waals surface area (Å²) in [6.07, 6.45) is 9.07. The molecule has 1 saturated heterocycles. The van der Waals surface area contributed by atoms with E-state index >= 15 is 0 Å². The third-order valence-corrected chi connectivity index (χ3v) is 5.82. The van der Waals surface area contributed by atoms with E-state index in [1.807, 2.05) is 0 Å². The van der Waals surface area contributed by atoms with Crippen molar-refractivity contribution in [3.8, 4) is 6.07 Å². The number of carbonyl (C=O) groups excluding carboxylic acids is 2. The maximum absolute atomic E-state index is 13.0. The van der Waals surface area contributed by atoms with Crippen LogP contribution in [0.1, 0.15) is 64.7 Å². The van der Waals surface area contributed by atoms with Crippen LogP contribution in [0.5, 0.6) is 0 Å². The first-order valence-electron chi connectivity index (χ1n) is 9.70. The molecule has 0 aromatic carbocycles. The van der Waals surface area contributed by atoms with Crippen LogP contribution in [-0.4, -0.2) is 41.9 Å². The van der Waals surface area contributed by atoms with Crippen LogP contribution in [0.3, 0.4) is 0 Å². The van der Waals surface area contributed by atoms with Crippen molar-refractivity contribution in [2.24, 2.45) is 17.6 Å². The minimum absolute atomic E-state index is 0.0103. The molecule has 1 aliphatic carbocycles. The van der Waals surface area contributed by atoms with Crippen molar-refractivity contribution in [3.63, 3.8) is 0 Å². The van der Waals surface area contributed by atoms with Gasteiger partial charge in [-0.05, 0) is 31.7 Å². The van der Waals surface area contributed by atoms with E-state index in [4.69, 9.17) is 5.73 Å². The second-order valence-corrected chi connectivity index (χ2v) is 7.77. The van der Waals surface area contributed by atoms with Gasteiger partial charge in [-0.15, -0.1) is 0 Å². The Morgan fingerprint density at radius 3 is 2.60 bits per heavy atom. The highest BCUT2D eigenvalue weighted by Crippen LogP contribution is 2.30. The highest BCUT2D eigenvalue weighted by molar-refractivity contribution is 5.80. The molecule has 140 valence electrons. The Morgan fingerprint density at radius 1 is 1.32 bits per heavy atom. The summed E-state index contributed by atoms with van der Waals surface area (Å²) in [6.45, 7) is 3.28. The summed E-state index contributed by atoms with van der Waals surface area (Å²) in [5.41, 5.74) is 4.56. The Hall–Kier alpha value is -1.61. The summed E-state index contributed by atoms with van der Waals surface area (Å²) in [4.78, 5) is 26.2. The monoisotopic (exact) mass is 348 g/mol. The highest BCUT2D eigenvalue weighted by atomic mass is 16.2. The number of nitrogens with zero attached hydrogens (tertiary/aromatic N) is 2. The molecule has 2 fully saturated rings. The van der Waals surface area contributed by atoms with Crippen LogP contribution in [0.15, 0.2) is 0 Å². The van der Waals surface area contributed by atoms with E-state index in [1.54, 1.807) is 11.8 Å². The third kappa shape index (κ3) is 5.18. The minimum Gasteiger partial charge on any atom is -0.369 e. The Balaban J connectivity index is 2.07. The van der Waals surface area contributed by atoms with Crippen LogP contribution in [0.4, 0.5) is 0 Å². The maximum atomic E-state index is 13.0. The van der Waals surface area contributed by atoms with Gasteiger partial charge in [0.25, 0.3) is 0 Å². The number of nitriles is 1. The van der Waals surface area contributed by atoms with Crippen LogP contribution in [0.25, 0.3) is 0 Å². The normalized spacial score (nSPS) is 25.8. The quantitative estimate of drug-likeness (QED) is 0.734. The molecule has 1 aliphatic heterocycles. The number of carbonyl (C=O) groups is 2. The first kappa shape index (κ1) is 19.7. The molecule has 0 spiro atoms. The van der Waals surface area contributed by atoms with E-state index in [1.165, 1.54) is 32.1 Å². The molecular formula is C19H32N4O2. The second kappa shape index (κ2) is 9.19. The van der Waals surface area contributed by atoms with Crippen molar-refractivity contribution in [1.82, 2.24) is 10.2 Å². The average Bonchev–Trinajstić information content (AvgIpc) is 2.65. The summed E-state index contributed by atoms with van der Waals surface area (Å²) < 4.78 is 0. The lowest BCUT2D eigenvalue weighted by Gasteiger charge is -2.42. The molecule has 2 amide bonds. The SMILES string of the molecule is CC(CN(C(=O)CCC1CCCCC1)C1(C#N)CCCNC1)C(N)=O. The summed E-state index contributed by atoms with van der Waals surface area (Å²) in [5.74, 6) is -0.271. The van der Waals surface area contributed by atoms with Crippen molar-refractivity contribution in [1.29, 1.82) is 5.26 Å². The molecule has 0 aromatic rings. The highest BCUT2D eigenvalue weighted by Gasteiger charge is 2.42. The molecule has 25 heavy (non-hydrogen) atoms. The number of nitrogens with two attached hydrogens (primary N) is 1. The molecule has 0 bridgehead atoms. The molecule has 0 aromatic heterocycles. The number of hydrogen-bond donors (Lipinski definition) is 2. The number of nitrogens with one attached hydrogen (secondary N) is 1. The molecule has 1 heterocycles. The predicted molar refractivity (Wildman–Crippen MR) is 96.3 cm³/mol. The smallest absolute Gasteiger partial charge is 0.223 e. The summed E-state index contributed by atoms with van der Waals surface area (Å²) in [7, 11) is 0. The largest absolute Gasteiger partial charge is 0.369 e. The van der Waals surface area contributed by atoms with Crippen LogP contribution in [0, 0.1) is 23.2 Å². The summed E-state index contributed by atoms with van der Waals surface area (Å²) in [5, 5.41) is 13.1. The van der Waals surface area contributed by atoms with E-state index in [-0.39, 0.29) is 12.5 Å². The number of hydrogen-bond acceptors (Lipinski definition) is 4. The van der Waals surface area contributed by atoms with Gasteiger partial charge in [-0.1, -0.05) is 39.0 Å². The molecule has 3 N–H and O–H groups in total. The number of primary amides is 1. The lowest BCUT2D eigenvalue weighted by Crippen LogP contribution is -2.60. The average molecular weight is 348 g/mol. The Kier molecular flexibility index (Phi) is 7.24. The van der Waals surface area contributed by atoms with Crippen LogP contribution in [-0.2, 0) is 9.59 Å². The van der Waals surface area contributed by atoms with Crippen LogP contribution in [0.2, 0.25) is 0 Å². The first-order valence-corrected chi connectivity index (χ1v) is 9.70. The molecule has 2 rings (SSSR count). The fourth-order valence-electron chi connectivity index (χ4n) is 4.09. The van der Waals surface area contributed by atoms with Gasteiger partial charge in [-0.3, -0.25) is 9.59 Å². The molecular weight excluding hydrogens is 316 g/mol.